The Hall–Kier alpha value is -2.63. The summed E-state index contributed by atoms with van der Waals surface area (Å²) in [5, 5.41) is 7.12. The van der Waals surface area contributed by atoms with E-state index in [1.807, 2.05) is 0 Å². The maximum absolute atomic E-state index is 14.2. The third kappa shape index (κ3) is 1.46. The van der Waals surface area contributed by atoms with Crippen molar-refractivity contribution in [2.24, 2.45) is 5.11 Å². The summed E-state index contributed by atoms with van der Waals surface area (Å²) >= 11 is 0. The molecule has 0 amide bonds. The standard InChI is InChI=1S/C13H11FN4O/c1-17-7-3-5-9-11(13(7)18-16)10-8(19-9)4-2-6(15)12(10)14/h2-5,16-17H,15H2,1H3. The number of nitrogens with zero attached hydrogens (tertiary/aromatic N) is 1. The first kappa shape index (κ1) is 11.5. The number of benzene rings is 2. The first-order chi connectivity index (χ1) is 9.17. The molecule has 0 bridgehead atoms. The summed E-state index contributed by atoms with van der Waals surface area (Å²) in [5.74, 6) is -0.547. The molecule has 0 aliphatic heterocycles. The molecule has 19 heavy (non-hydrogen) atoms. The molecule has 1 heterocycles. The van der Waals surface area contributed by atoms with Crippen LogP contribution in [0, 0.1) is 11.3 Å². The van der Waals surface area contributed by atoms with Gasteiger partial charge in [-0.2, -0.15) is 5.11 Å². The summed E-state index contributed by atoms with van der Waals surface area (Å²) < 4.78 is 19.8. The quantitative estimate of drug-likeness (QED) is 0.479. The van der Waals surface area contributed by atoms with Crippen molar-refractivity contribution in [2.45, 2.75) is 0 Å². The molecule has 0 atom stereocenters. The Bertz CT molecular complexity index is 809. The van der Waals surface area contributed by atoms with E-state index < -0.39 is 5.82 Å². The van der Waals surface area contributed by atoms with E-state index in [1.54, 1.807) is 25.2 Å². The lowest BCUT2D eigenvalue weighted by Gasteiger charge is -2.04. The van der Waals surface area contributed by atoms with E-state index in [4.69, 9.17) is 15.7 Å². The Balaban J connectivity index is 2.60. The molecule has 4 N–H and O–H groups in total. The Morgan fingerprint density at radius 3 is 2.58 bits per heavy atom. The third-order valence-electron chi connectivity index (χ3n) is 3.12. The fraction of sp³-hybridized carbons (Fsp3) is 0.0769. The summed E-state index contributed by atoms with van der Waals surface area (Å²) in [7, 11) is 1.71. The van der Waals surface area contributed by atoms with Crippen LogP contribution in [0.4, 0.5) is 21.5 Å². The highest BCUT2D eigenvalue weighted by Gasteiger charge is 2.18. The number of nitrogen functional groups attached to an aromatic ring is 1. The van der Waals surface area contributed by atoms with E-state index in [0.717, 1.165) is 0 Å². The number of halogens is 1. The molecule has 0 fully saturated rings. The van der Waals surface area contributed by atoms with Crippen molar-refractivity contribution in [1.82, 2.24) is 0 Å². The number of hydrogen-bond donors (Lipinski definition) is 3. The van der Waals surface area contributed by atoms with E-state index in [0.29, 0.717) is 27.9 Å². The van der Waals surface area contributed by atoms with Gasteiger partial charge in [-0.3, -0.25) is 0 Å². The van der Waals surface area contributed by atoms with Gasteiger partial charge in [-0.1, -0.05) is 0 Å². The van der Waals surface area contributed by atoms with Crippen LogP contribution in [0.3, 0.4) is 0 Å². The first-order valence-corrected chi connectivity index (χ1v) is 5.65. The second kappa shape index (κ2) is 3.94. The van der Waals surface area contributed by atoms with Crippen LogP contribution in [0.2, 0.25) is 0 Å². The number of nitrogens with two attached hydrogens (primary N) is 1. The highest BCUT2D eigenvalue weighted by molar-refractivity contribution is 6.14. The molecule has 0 unspecified atom stereocenters. The second-order valence-corrected chi connectivity index (χ2v) is 4.14. The zero-order chi connectivity index (χ0) is 13.6. The Kier molecular flexibility index (Phi) is 2.38. The van der Waals surface area contributed by atoms with Crippen LogP contribution in [-0.2, 0) is 0 Å². The smallest absolute Gasteiger partial charge is 0.157 e. The van der Waals surface area contributed by atoms with Crippen LogP contribution in [0.5, 0.6) is 0 Å². The Morgan fingerprint density at radius 1 is 1.21 bits per heavy atom. The number of anilines is 2. The zero-order valence-electron chi connectivity index (χ0n) is 10.1. The zero-order valence-corrected chi connectivity index (χ0v) is 10.1. The SMILES string of the molecule is CNc1ccc2oc3ccc(N)c(F)c3c2c1N=N. The van der Waals surface area contributed by atoms with Gasteiger partial charge < -0.3 is 15.5 Å². The van der Waals surface area contributed by atoms with Crippen LogP contribution in [0.25, 0.3) is 21.9 Å². The molecular weight excluding hydrogens is 247 g/mol. The summed E-state index contributed by atoms with van der Waals surface area (Å²) in [6.45, 7) is 0. The van der Waals surface area contributed by atoms with Crippen molar-refractivity contribution < 1.29 is 8.81 Å². The van der Waals surface area contributed by atoms with E-state index in [1.165, 1.54) is 6.07 Å². The van der Waals surface area contributed by atoms with E-state index in [-0.39, 0.29) is 11.1 Å². The van der Waals surface area contributed by atoms with Crippen molar-refractivity contribution in [3.8, 4) is 0 Å². The van der Waals surface area contributed by atoms with Gasteiger partial charge in [0.2, 0.25) is 0 Å². The lowest BCUT2D eigenvalue weighted by molar-refractivity contribution is 0.637. The van der Waals surface area contributed by atoms with E-state index in [9.17, 15) is 4.39 Å². The van der Waals surface area contributed by atoms with E-state index >= 15 is 0 Å². The minimum Gasteiger partial charge on any atom is -0.456 e. The van der Waals surface area contributed by atoms with Gasteiger partial charge in [0.15, 0.2) is 5.82 Å². The van der Waals surface area contributed by atoms with Crippen LogP contribution in [-0.4, -0.2) is 7.05 Å². The summed E-state index contributed by atoms with van der Waals surface area (Å²) in [4.78, 5) is 0. The lowest BCUT2D eigenvalue weighted by Crippen LogP contribution is -1.91. The van der Waals surface area contributed by atoms with Crippen molar-refractivity contribution in [3.05, 3.63) is 30.1 Å². The van der Waals surface area contributed by atoms with Crippen molar-refractivity contribution in [3.63, 3.8) is 0 Å². The topological polar surface area (TPSA) is 87.4 Å². The highest BCUT2D eigenvalue weighted by Crippen LogP contribution is 2.42. The van der Waals surface area contributed by atoms with Crippen LogP contribution in [0.15, 0.2) is 33.8 Å². The molecule has 3 aromatic rings. The summed E-state index contributed by atoms with van der Waals surface area (Å²) in [6, 6.07) is 6.52. The predicted octanol–water partition coefficient (Wildman–Crippen LogP) is 4.01. The molecule has 0 radical (unpaired) electrons. The van der Waals surface area contributed by atoms with Gasteiger partial charge >= 0.3 is 0 Å². The highest BCUT2D eigenvalue weighted by atomic mass is 19.1. The molecule has 0 aliphatic rings. The monoisotopic (exact) mass is 258 g/mol. The molecule has 0 spiro atoms. The Labute approximate surface area is 107 Å². The number of rotatable bonds is 2. The largest absolute Gasteiger partial charge is 0.456 e. The first-order valence-electron chi connectivity index (χ1n) is 5.65. The number of furan rings is 1. The van der Waals surface area contributed by atoms with E-state index in [2.05, 4.69) is 10.4 Å². The number of nitrogens with one attached hydrogen (secondary N) is 2. The molecule has 3 rings (SSSR count). The molecule has 6 heteroatoms. The molecule has 0 aliphatic carbocycles. The molecule has 2 aromatic carbocycles. The Morgan fingerprint density at radius 2 is 1.89 bits per heavy atom. The van der Waals surface area contributed by atoms with Crippen LogP contribution >= 0.6 is 0 Å². The van der Waals surface area contributed by atoms with Gasteiger partial charge in [-0.05, 0) is 24.3 Å². The van der Waals surface area contributed by atoms with Gasteiger partial charge in [0.25, 0.3) is 0 Å². The molecule has 0 saturated carbocycles. The van der Waals surface area contributed by atoms with Crippen molar-refractivity contribution in [1.29, 1.82) is 5.53 Å². The van der Waals surface area contributed by atoms with Crippen molar-refractivity contribution in [2.75, 3.05) is 18.1 Å². The fourth-order valence-electron chi connectivity index (χ4n) is 2.23. The second-order valence-electron chi connectivity index (χ2n) is 4.14. The predicted molar refractivity (Wildman–Crippen MR) is 72.4 cm³/mol. The molecule has 0 saturated heterocycles. The van der Waals surface area contributed by atoms with Gasteiger partial charge in [0, 0.05) is 7.05 Å². The molecule has 96 valence electrons. The normalized spacial score (nSPS) is 11.1. The van der Waals surface area contributed by atoms with Gasteiger partial charge in [0.05, 0.1) is 22.1 Å². The van der Waals surface area contributed by atoms with Crippen LogP contribution in [0.1, 0.15) is 0 Å². The third-order valence-corrected chi connectivity index (χ3v) is 3.12. The van der Waals surface area contributed by atoms with Crippen molar-refractivity contribution >= 4 is 39.0 Å². The summed E-state index contributed by atoms with van der Waals surface area (Å²) in [5.41, 5.74) is 14.8. The summed E-state index contributed by atoms with van der Waals surface area (Å²) in [6.07, 6.45) is 0. The number of hydrogen-bond acceptors (Lipinski definition) is 5. The molecule has 1 aromatic heterocycles. The number of fused-ring (bicyclic) bond motifs is 3. The van der Waals surface area contributed by atoms with Gasteiger partial charge in [-0.25, -0.2) is 9.92 Å². The minimum absolute atomic E-state index is 0.0426. The van der Waals surface area contributed by atoms with Crippen LogP contribution < -0.4 is 11.1 Å². The van der Waals surface area contributed by atoms with Gasteiger partial charge in [0.1, 0.15) is 16.9 Å². The molecule has 5 nitrogen and oxygen atoms in total. The lowest BCUT2D eigenvalue weighted by atomic mass is 10.1. The average Bonchev–Trinajstić information content (AvgIpc) is 2.80. The molecular formula is C13H11FN4O. The minimum atomic E-state index is -0.547. The van der Waals surface area contributed by atoms with Gasteiger partial charge in [-0.15, -0.1) is 0 Å². The maximum atomic E-state index is 14.2. The fourth-order valence-corrected chi connectivity index (χ4v) is 2.23. The maximum Gasteiger partial charge on any atom is 0.157 e. The average molecular weight is 258 g/mol.